The molecule has 0 saturated carbocycles. The summed E-state index contributed by atoms with van der Waals surface area (Å²) in [5.41, 5.74) is 6.63. The zero-order valence-corrected chi connectivity index (χ0v) is 11.6. The highest BCUT2D eigenvalue weighted by atomic mass is 16.5. The van der Waals surface area contributed by atoms with Crippen molar-refractivity contribution in [1.29, 1.82) is 0 Å². The number of ether oxygens (including phenoxy) is 2. The van der Waals surface area contributed by atoms with Crippen molar-refractivity contribution in [3.8, 4) is 11.5 Å². The molecule has 3 heteroatoms. The summed E-state index contributed by atoms with van der Waals surface area (Å²) in [7, 11) is 0. The van der Waals surface area contributed by atoms with Crippen LogP contribution < -0.4 is 15.2 Å². The van der Waals surface area contributed by atoms with Gasteiger partial charge >= 0.3 is 0 Å². The quantitative estimate of drug-likeness (QED) is 0.532. The standard InChI is InChI=1S/C15H25NO2/c1-3-5-6-7-12-18-14-10-8-9-13(15(14)16)17-11-4-2/h8-10H,3-7,11-12,16H2,1-2H3. The van der Waals surface area contributed by atoms with Crippen molar-refractivity contribution >= 4 is 5.69 Å². The topological polar surface area (TPSA) is 44.5 Å². The molecule has 0 bridgehead atoms. The summed E-state index contributed by atoms with van der Waals surface area (Å²) in [6, 6.07) is 5.70. The molecule has 0 aliphatic heterocycles. The highest BCUT2D eigenvalue weighted by Gasteiger charge is 2.06. The van der Waals surface area contributed by atoms with Crippen LogP contribution in [0.3, 0.4) is 0 Å². The second kappa shape index (κ2) is 8.67. The van der Waals surface area contributed by atoms with Gasteiger partial charge in [-0.15, -0.1) is 0 Å². The van der Waals surface area contributed by atoms with Gasteiger partial charge in [0.2, 0.25) is 0 Å². The van der Waals surface area contributed by atoms with Crippen molar-refractivity contribution in [1.82, 2.24) is 0 Å². The molecule has 0 radical (unpaired) electrons. The Kier molecular flexibility index (Phi) is 7.07. The smallest absolute Gasteiger partial charge is 0.146 e. The van der Waals surface area contributed by atoms with Crippen molar-refractivity contribution in [3.05, 3.63) is 18.2 Å². The predicted molar refractivity (Wildman–Crippen MR) is 76.3 cm³/mol. The van der Waals surface area contributed by atoms with E-state index in [2.05, 4.69) is 13.8 Å². The van der Waals surface area contributed by atoms with Crippen molar-refractivity contribution < 1.29 is 9.47 Å². The Labute approximate surface area is 110 Å². The molecule has 0 spiro atoms. The largest absolute Gasteiger partial charge is 0.491 e. The van der Waals surface area contributed by atoms with Crippen molar-refractivity contribution in [3.63, 3.8) is 0 Å². The van der Waals surface area contributed by atoms with Gasteiger partial charge in [-0.2, -0.15) is 0 Å². The van der Waals surface area contributed by atoms with Crippen LogP contribution in [0.5, 0.6) is 11.5 Å². The van der Waals surface area contributed by atoms with Gasteiger partial charge in [0, 0.05) is 0 Å². The first-order valence-corrected chi connectivity index (χ1v) is 6.93. The molecule has 1 aromatic carbocycles. The number of para-hydroxylation sites is 1. The molecule has 18 heavy (non-hydrogen) atoms. The molecule has 3 nitrogen and oxygen atoms in total. The summed E-state index contributed by atoms with van der Waals surface area (Å²) < 4.78 is 11.3. The highest BCUT2D eigenvalue weighted by molar-refractivity contribution is 5.62. The van der Waals surface area contributed by atoms with E-state index in [0.717, 1.165) is 30.9 Å². The van der Waals surface area contributed by atoms with E-state index in [9.17, 15) is 0 Å². The van der Waals surface area contributed by atoms with E-state index in [4.69, 9.17) is 15.2 Å². The third kappa shape index (κ3) is 4.86. The number of anilines is 1. The van der Waals surface area contributed by atoms with Crippen LogP contribution in [-0.2, 0) is 0 Å². The van der Waals surface area contributed by atoms with Gasteiger partial charge in [-0.3, -0.25) is 0 Å². The first-order chi connectivity index (χ1) is 8.79. The zero-order chi connectivity index (χ0) is 13.2. The lowest BCUT2D eigenvalue weighted by molar-refractivity contribution is 0.298. The molecule has 0 fully saturated rings. The van der Waals surface area contributed by atoms with Crippen LogP contribution in [0, 0.1) is 0 Å². The van der Waals surface area contributed by atoms with E-state index >= 15 is 0 Å². The minimum Gasteiger partial charge on any atom is -0.491 e. The number of rotatable bonds is 9. The van der Waals surface area contributed by atoms with Crippen LogP contribution in [0.25, 0.3) is 0 Å². The molecule has 1 rings (SSSR count). The molecule has 102 valence electrons. The fourth-order valence-electron chi connectivity index (χ4n) is 1.70. The molecule has 0 heterocycles. The minimum atomic E-state index is 0.612. The summed E-state index contributed by atoms with van der Waals surface area (Å²) in [6.45, 7) is 5.68. The molecule has 0 unspecified atom stereocenters. The summed E-state index contributed by atoms with van der Waals surface area (Å²) in [4.78, 5) is 0. The van der Waals surface area contributed by atoms with Crippen LogP contribution in [0.15, 0.2) is 18.2 Å². The van der Waals surface area contributed by atoms with Gasteiger partial charge in [-0.1, -0.05) is 39.2 Å². The zero-order valence-electron chi connectivity index (χ0n) is 11.6. The maximum absolute atomic E-state index is 6.02. The Hall–Kier alpha value is -1.38. The average molecular weight is 251 g/mol. The number of benzene rings is 1. The monoisotopic (exact) mass is 251 g/mol. The number of hydrogen-bond acceptors (Lipinski definition) is 3. The molecule has 1 aromatic rings. The van der Waals surface area contributed by atoms with Gasteiger partial charge < -0.3 is 15.2 Å². The summed E-state index contributed by atoms with van der Waals surface area (Å²) >= 11 is 0. The SMILES string of the molecule is CCCCCCOc1cccc(OCCC)c1N. The van der Waals surface area contributed by atoms with Crippen molar-refractivity contribution in [2.75, 3.05) is 18.9 Å². The molecule has 2 N–H and O–H groups in total. The Morgan fingerprint density at radius 1 is 0.889 bits per heavy atom. The maximum Gasteiger partial charge on any atom is 0.146 e. The molecule has 0 aromatic heterocycles. The van der Waals surface area contributed by atoms with E-state index in [1.165, 1.54) is 19.3 Å². The molecular weight excluding hydrogens is 226 g/mol. The van der Waals surface area contributed by atoms with Gasteiger partial charge in [0.25, 0.3) is 0 Å². The predicted octanol–water partition coefficient (Wildman–Crippen LogP) is 4.02. The Morgan fingerprint density at radius 3 is 2.17 bits per heavy atom. The third-order valence-electron chi connectivity index (χ3n) is 2.74. The van der Waals surface area contributed by atoms with E-state index < -0.39 is 0 Å². The highest BCUT2D eigenvalue weighted by Crippen LogP contribution is 2.31. The van der Waals surface area contributed by atoms with Crippen LogP contribution in [0.1, 0.15) is 46.0 Å². The lowest BCUT2D eigenvalue weighted by Gasteiger charge is -2.12. The normalized spacial score (nSPS) is 10.3. The molecule has 0 aliphatic rings. The lowest BCUT2D eigenvalue weighted by atomic mass is 10.2. The molecule has 0 aliphatic carbocycles. The fourth-order valence-corrected chi connectivity index (χ4v) is 1.70. The average Bonchev–Trinajstić information content (AvgIpc) is 2.39. The molecule has 0 amide bonds. The molecule has 0 saturated heterocycles. The first-order valence-electron chi connectivity index (χ1n) is 6.93. The van der Waals surface area contributed by atoms with E-state index in [1.807, 2.05) is 18.2 Å². The Morgan fingerprint density at radius 2 is 1.56 bits per heavy atom. The first kappa shape index (κ1) is 14.7. The van der Waals surface area contributed by atoms with Gasteiger partial charge in [0.15, 0.2) is 0 Å². The van der Waals surface area contributed by atoms with Crippen LogP contribution >= 0.6 is 0 Å². The van der Waals surface area contributed by atoms with Crippen molar-refractivity contribution in [2.45, 2.75) is 46.0 Å². The maximum atomic E-state index is 6.02. The fraction of sp³-hybridized carbons (Fsp3) is 0.600. The number of nitrogens with two attached hydrogens (primary N) is 1. The molecule has 0 atom stereocenters. The Balaban J connectivity index is 2.44. The number of hydrogen-bond donors (Lipinski definition) is 1. The second-order valence-corrected chi connectivity index (χ2v) is 4.43. The number of unbranched alkanes of at least 4 members (excludes halogenated alkanes) is 3. The Bertz CT molecular complexity index is 339. The summed E-state index contributed by atoms with van der Waals surface area (Å²) in [5.74, 6) is 1.46. The lowest BCUT2D eigenvalue weighted by Crippen LogP contribution is -2.03. The van der Waals surface area contributed by atoms with Gasteiger partial charge in [-0.25, -0.2) is 0 Å². The molecular formula is C15H25NO2. The minimum absolute atomic E-state index is 0.612. The summed E-state index contributed by atoms with van der Waals surface area (Å²) in [6.07, 6.45) is 5.76. The van der Waals surface area contributed by atoms with Crippen molar-refractivity contribution in [2.24, 2.45) is 0 Å². The van der Waals surface area contributed by atoms with E-state index in [0.29, 0.717) is 12.3 Å². The van der Waals surface area contributed by atoms with Crippen LogP contribution in [0.2, 0.25) is 0 Å². The van der Waals surface area contributed by atoms with Crippen LogP contribution in [0.4, 0.5) is 5.69 Å². The second-order valence-electron chi connectivity index (χ2n) is 4.43. The third-order valence-corrected chi connectivity index (χ3v) is 2.74. The van der Waals surface area contributed by atoms with Gasteiger partial charge in [-0.05, 0) is 25.0 Å². The summed E-state index contributed by atoms with van der Waals surface area (Å²) in [5, 5.41) is 0. The van der Waals surface area contributed by atoms with E-state index in [1.54, 1.807) is 0 Å². The number of nitrogen functional groups attached to an aromatic ring is 1. The van der Waals surface area contributed by atoms with E-state index in [-0.39, 0.29) is 0 Å². The van der Waals surface area contributed by atoms with Gasteiger partial charge in [0.1, 0.15) is 17.2 Å². The van der Waals surface area contributed by atoms with Gasteiger partial charge in [0.05, 0.1) is 13.2 Å². The van der Waals surface area contributed by atoms with Crippen LogP contribution in [-0.4, -0.2) is 13.2 Å².